The van der Waals surface area contributed by atoms with Gasteiger partial charge in [0.1, 0.15) is 0 Å². The number of non-ortho nitro benzene ring substituents is 1. The van der Waals surface area contributed by atoms with Gasteiger partial charge in [0.2, 0.25) is 0 Å². The molecule has 1 amide bonds. The van der Waals surface area contributed by atoms with Crippen LogP contribution in [0, 0.1) is 16.0 Å². The van der Waals surface area contributed by atoms with Crippen molar-refractivity contribution >= 4 is 33.5 Å². The number of carboxylic acids is 1. The Kier molecular flexibility index (Phi) is 6.29. The van der Waals surface area contributed by atoms with E-state index in [2.05, 4.69) is 21.2 Å². The van der Waals surface area contributed by atoms with Crippen LogP contribution in [0.3, 0.4) is 0 Å². The highest BCUT2D eigenvalue weighted by Crippen LogP contribution is 2.22. The van der Waals surface area contributed by atoms with Gasteiger partial charge in [-0.05, 0) is 28.4 Å². The van der Waals surface area contributed by atoms with Crippen LogP contribution in [0.15, 0.2) is 22.7 Å². The maximum absolute atomic E-state index is 12.0. The van der Waals surface area contributed by atoms with E-state index >= 15 is 0 Å². The average molecular weight is 359 g/mol. The van der Waals surface area contributed by atoms with E-state index in [1.54, 1.807) is 0 Å². The first kappa shape index (κ1) is 17.1. The molecular formula is C13H15BrN2O5. The molecule has 0 aliphatic heterocycles. The fraction of sp³-hybridized carbons (Fsp3) is 0.385. The van der Waals surface area contributed by atoms with E-state index in [9.17, 15) is 19.7 Å². The summed E-state index contributed by atoms with van der Waals surface area (Å²) in [6, 6.07) is 3.83. The number of carboxylic acid groups (broad SMARTS) is 1. The smallest absolute Gasteiger partial charge is 0.308 e. The molecule has 1 unspecified atom stereocenters. The van der Waals surface area contributed by atoms with Gasteiger partial charge >= 0.3 is 5.97 Å². The lowest BCUT2D eigenvalue weighted by atomic mass is 10.0. The zero-order chi connectivity index (χ0) is 16.0. The Morgan fingerprint density at radius 2 is 2.14 bits per heavy atom. The summed E-state index contributed by atoms with van der Waals surface area (Å²) >= 11 is 3.15. The summed E-state index contributed by atoms with van der Waals surface area (Å²) in [4.78, 5) is 33.1. The van der Waals surface area contributed by atoms with Crippen molar-refractivity contribution in [3.05, 3.63) is 38.3 Å². The normalized spacial score (nSPS) is 11.7. The van der Waals surface area contributed by atoms with E-state index in [1.165, 1.54) is 12.1 Å². The first-order chi connectivity index (χ1) is 9.86. The summed E-state index contributed by atoms with van der Waals surface area (Å²) in [5, 5.41) is 22.2. The quantitative estimate of drug-likeness (QED) is 0.574. The molecule has 8 heteroatoms. The van der Waals surface area contributed by atoms with E-state index < -0.39 is 22.7 Å². The third kappa shape index (κ3) is 4.82. The molecule has 7 nitrogen and oxygen atoms in total. The Labute approximate surface area is 129 Å². The predicted octanol–water partition coefficient (Wildman–Crippen LogP) is 2.59. The summed E-state index contributed by atoms with van der Waals surface area (Å²) in [5.41, 5.74) is -0.100. The molecule has 1 aromatic rings. The van der Waals surface area contributed by atoms with E-state index in [0.717, 1.165) is 6.07 Å². The lowest BCUT2D eigenvalue weighted by molar-refractivity contribution is -0.384. The highest BCUT2D eigenvalue weighted by molar-refractivity contribution is 9.10. The van der Waals surface area contributed by atoms with Gasteiger partial charge in [-0.25, -0.2) is 0 Å². The predicted molar refractivity (Wildman–Crippen MR) is 79.2 cm³/mol. The number of halogens is 1. The number of nitro benzene ring substituents is 1. The molecule has 0 aliphatic rings. The van der Waals surface area contributed by atoms with Crippen molar-refractivity contribution in [3.8, 4) is 0 Å². The molecule has 2 N–H and O–H groups in total. The maximum atomic E-state index is 12.0. The number of aliphatic carboxylic acids is 1. The molecule has 0 saturated carbocycles. The number of carbonyl (C=O) groups excluding carboxylic acids is 1. The third-order valence-electron chi connectivity index (χ3n) is 2.90. The molecule has 1 atom stereocenters. The van der Waals surface area contributed by atoms with E-state index in [-0.39, 0.29) is 17.8 Å². The molecule has 0 aromatic heterocycles. The van der Waals surface area contributed by atoms with Crippen LogP contribution in [0.5, 0.6) is 0 Å². The largest absolute Gasteiger partial charge is 0.481 e. The van der Waals surface area contributed by atoms with Gasteiger partial charge in [-0.2, -0.15) is 0 Å². The molecule has 1 aromatic carbocycles. The van der Waals surface area contributed by atoms with Crippen molar-refractivity contribution in [3.63, 3.8) is 0 Å². The number of benzene rings is 1. The van der Waals surface area contributed by atoms with Gasteiger partial charge in [0, 0.05) is 23.2 Å². The molecular weight excluding hydrogens is 344 g/mol. The summed E-state index contributed by atoms with van der Waals surface area (Å²) in [7, 11) is 0. The van der Waals surface area contributed by atoms with Crippen LogP contribution in [0.25, 0.3) is 0 Å². The Hall–Kier alpha value is -1.96. The van der Waals surface area contributed by atoms with Gasteiger partial charge in [-0.1, -0.05) is 13.3 Å². The Balaban J connectivity index is 2.82. The maximum Gasteiger partial charge on any atom is 0.308 e. The van der Waals surface area contributed by atoms with Crippen molar-refractivity contribution in [2.45, 2.75) is 19.8 Å². The number of hydrogen-bond acceptors (Lipinski definition) is 4. The molecule has 0 fully saturated rings. The third-order valence-corrected chi connectivity index (χ3v) is 3.59. The van der Waals surface area contributed by atoms with Crippen LogP contribution in [0.2, 0.25) is 0 Å². The van der Waals surface area contributed by atoms with Gasteiger partial charge in [0.05, 0.1) is 16.4 Å². The van der Waals surface area contributed by atoms with Crippen molar-refractivity contribution in [2.24, 2.45) is 5.92 Å². The highest BCUT2D eigenvalue weighted by atomic mass is 79.9. The Morgan fingerprint density at radius 1 is 1.48 bits per heavy atom. The first-order valence-electron chi connectivity index (χ1n) is 6.31. The fourth-order valence-electron chi connectivity index (χ4n) is 1.77. The van der Waals surface area contributed by atoms with Crippen molar-refractivity contribution < 1.29 is 19.6 Å². The number of carbonyl (C=O) groups is 2. The van der Waals surface area contributed by atoms with Crippen molar-refractivity contribution in [1.29, 1.82) is 0 Å². The van der Waals surface area contributed by atoms with Gasteiger partial charge in [0.15, 0.2) is 0 Å². The number of hydrogen-bond donors (Lipinski definition) is 2. The van der Waals surface area contributed by atoms with E-state index in [4.69, 9.17) is 5.11 Å². The van der Waals surface area contributed by atoms with Gasteiger partial charge in [-0.15, -0.1) is 0 Å². The molecule has 0 bridgehead atoms. The van der Waals surface area contributed by atoms with E-state index in [1.807, 2.05) is 6.92 Å². The second-order valence-corrected chi connectivity index (χ2v) is 5.31. The van der Waals surface area contributed by atoms with Gasteiger partial charge < -0.3 is 10.4 Å². The standard InChI is InChI=1S/C13H15BrN2O5/c1-2-3-8(13(18)19)7-15-12(17)10-6-9(16(20)21)4-5-11(10)14/h4-6,8H,2-3,7H2,1H3,(H,15,17)(H,18,19). The van der Waals surface area contributed by atoms with E-state index in [0.29, 0.717) is 17.3 Å². The summed E-state index contributed by atoms with van der Waals surface area (Å²) < 4.78 is 0.410. The van der Waals surface area contributed by atoms with Gasteiger partial charge in [0.25, 0.3) is 11.6 Å². The minimum Gasteiger partial charge on any atom is -0.481 e. The first-order valence-corrected chi connectivity index (χ1v) is 7.11. The highest BCUT2D eigenvalue weighted by Gasteiger charge is 2.20. The van der Waals surface area contributed by atoms with Crippen molar-refractivity contribution in [1.82, 2.24) is 5.32 Å². The monoisotopic (exact) mass is 358 g/mol. The number of nitrogens with zero attached hydrogens (tertiary/aromatic N) is 1. The van der Waals surface area contributed by atoms with Gasteiger partial charge in [-0.3, -0.25) is 19.7 Å². The Morgan fingerprint density at radius 3 is 2.67 bits per heavy atom. The molecule has 1 rings (SSSR count). The van der Waals surface area contributed by atoms with Crippen LogP contribution in [0.1, 0.15) is 30.1 Å². The minimum atomic E-state index is -0.977. The average Bonchev–Trinajstić information content (AvgIpc) is 2.42. The topological polar surface area (TPSA) is 110 Å². The second-order valence-electron chi connectivity index (χ2n) is 4.46. The number of nitro groups is 1. The number of amides is 1. The summed E-state index contributed by atoms with van der Waals surface area (Å²) in [6.07, 6.45) is 1.14. The molecule has 0 spiro atoms. The lowest BCUT2D eigenvalue weighted by Gasteiger charge is -2.12. The SMILES string of the molecule is CCCC(CNC(=O)c1cc([N+](=O)[O-])ccc1Br)C(=O)O. The Bertz CT molecular complexity index is 561. The molecule has 0 heterocycles. The summed E-state index contributed by atoms with van der Waals surface area (Å²) in [6.45, 7) is 1.84. The number of nitrogens with one attached hydrogen (secondary N) is 1. The number of rotatable bonds is 7. The fourth-order valence-corrected chi connectivity index (χ4v) is 2.20. The van der Waals surface area contributed by atoms with Crippen LogP contribution in [0.4, 0.5) is 5.69 Å². The lowest BCUT2D eigenvalue weighted by Crippen LogP contribution is -2.33. The van der Waals surface area contributed by atoms with Crippen molar-refractivity contribution in [2.75, 3.05) is 6.54 Å². The molecule has 0 radical (unpaired) electrons. The molecule has 0 aliphatic carbocycles. The van der Waals surface area contributed by atoms with Crippen LogP contribution < -0.4 is 5.32 Å². The minimum absolute atomic E-state index is 0.0167. The molecule has 114 valence electrons. The van der Waals surface area contributed by atoms with Crippen LogP contribution >= 0.6 is 15.9 Å². The van der Waals surface area contributed by atoms with Crippen LogP contribution in [-0.4, -0.2) is 28.5 Å². The second kappa shape index (κ2) is 7.72. The zero-order valence-corrected chi connectivity index (χ0v) is 12.9. The summed E-state index contributed by atoms with van der Waals surface area (Å²) in [5.74, 6) is -2.19. The molecule has 0 saturated heterocycles. The zero-order valence-electron chi connectivity index (χ0n) is 11.3. The van der Waals surface area contributed by atoms with Crippen LogP contribution in [-0.2, 0) is 4.79 Å². The molecule has 21 heavy (non-hydrogen) atoms.